The Morgan fingerprint density at radius 1 is 1.25 bits per heavy atom. The van der Waals surface area contributed by atoms with E-state index in [0.29, 0.717) is 19.1 Å². The number of ether oxygens (including phenoxy) is 2. The average molecular weight is 408 g/mol. The highest BCUT2D eigenvalue weighted by Gasteiger charge is 2.30. The van der Waals surface area contributed by atoms with Crippen molar-refractivity contribution in [2.75, 3.05) is 13.2 Å². The van der Waals surface area contributed by atoms with E-state index in [1.165, 1.54) is 12.8 Å². The van der Waals surface area contributed by atoms with Gasteiger partial charge in [-0.05, 0) is 30.5 Å². The Bertz CT molecular complexity index is 773. The molecule has 1 saturated carbocycles. The first-order valence-electron chi connectivity index (χ1n) is 8.01. The SMILES string of the molecule is C=CCn1c(SCc2cc3c(cc2Br)OCCO3)nnc1C1CC1. The molecular weight excluding hydrogens is 390 g/mol. The van der Waals surface area contributed by atoms with Crippen molar-refractivity contribution in [2.45, 2.75) is 36.2 Å². The molecule has 1 aromatic carbocycles. The first-order valence-corrected chi connectivity index (χ1v) is 9.79. The minimum Gasteiger partial charge on any atom is -0.486 e. The van der Waals surface area contributed by atoms with E-state index in [9.17, 15) is 0 Å². The van der Waals surface area contributed by atoms with Crippen molar-refractivity contribution in [2.24, 2.45) is 0 Å². The molecule has 1 fully saturated rings. The quantitative estimate of drug-likeness (QED) is 0.531. The van der Waals surface area contributed by atoms with Crippen LogP contribution >= 0.6 is 27.7 Å². The van der Waals surface area contributed by atoms with E-state index in [2.05, 4.69) is 37.3 Å². The van der Waals surface area contributed by atoms with Crippen LogP contribution in [0.3, 0.4) is 0 Å². The number of fused-ring (bicyclic) bond motifs is 1. The summed E-state index contributed by atoms with van der Waals surface area (Å²) in [7, 11) is 0. The van der Waals surface area contributed by atoms with Gasteiger partial charge >= 0.3 is 0 Å². The Labute approximate surface area is 153 Å². The first-order chi connectivity index (χ1) is 11.8. The van der Waals surface area contributed by atoms with Gasteiger partial charge in [0.05, 0.1) is 0 Å². The molecule has 0 spiro atoms. The molecule has 0 amide bonds. The van der Waals surface area contributed by atoms with Gasteiger partial charge in [0.25, 0.3) is 0 Å². The van der Waals surface area contributed by atoms with E-state index in [1.807, 2.05) is 18.2 Å². The minimum atomic E-state index is 0.577. The Kier molecular flexibility index (Phi) is 4.54. The smallest absolute Gasteiger partial charge is 0.191 e. The van der Waals surface area contributed by atoms with Crippen molar-refractivity contribution < 1.29 is 9.47 Å². The lowest BCUT2D eigenvalue weighted by Crippen LogP contribution is -2.15. The Morgan fingerprint density at radius 3 is 2.71 bits per heavy atom. The summed E-state index contributed by atoms with van der Waals surface area (Å²) in [6, 6.07) is 4.02. The lowest BCUT2D eigenvalue weighted by atomic mass is 10.2. The number of nitrogens with zero attached hydrogens (tertiary/aromatic N) is 3. The van der Waals surface area contributed by atoms with Gasteiger partial charge in [0.2, 0.25) is 0 Å². The van der Waals surface area contributed by atoms with E-state index in [4.69, 9.17) is 9.47 Å². The number of hydrogen-bond acceptors (Lipinski definition) is 5. The zero-order valence-electron chi connectivity index (χ0n) is 13.2. The second-order valence-electron chi connectivity index (χ2n) is 5.89. The van der Waals surface area contributed by atoms with E-state index in [0.717, 1.165) is 44.8 Å². The Balaban J connectivity index is 1.53. The average Bonchev–Trinajstić information content (AvgIpc) is 3.36. The standard InChI is InChI=1S/C17H18BrN3O2S/c1-2-5-21-16(11-3-4-11)19-20-17(21)24-10-12-8-14-15(9-13(12)18)23-7-6-22-14/h2,8-9,11H,1,3-7,10H2. The van der Waals surface area contributed by atoms with Crippen LogP contribution in [0.4, 0.5) is 0 Å². The molecule has 0 N–H and O–H groups in total. The van der Waals surface area contributed by atoms with Crippen LogP contribution in [0.2, 0.25) is 0 Å². The Hall–Kier alpha value is -1.47. The third kappa shape index (κ3) is 3.19. The molecule has 2 heterocycles. The summed E-state index contributed by atoms with van der Waals surface area (Å²) in [6.07, 6.45) is 4.33. The largest absolute Gasteiger partial charge is 0.486 e. The molecule has 126 valence electrons. The molecule has 0 atom stereocenters. The van der Waals surface area contributed by atoms with Crippen LogP contribution in [0.5, 0.6) is 11.5 Å². The maximum absolute atomic E-state index is 5.68. The van der Waals surface area contributed by atoms with Gasteiger partial charge in [-0.3, -0.25) is 0 Å². The zero-order valence-corrected chi connectivity index (χ0v) is 15.6. The maximum Gasteiger partial charge on any atom is 0.191 e. The first kappa shape index (κ1) is 16.0. The third-order valence-electron chi connectivity index (χ3n) is 4.07. The molecule has 1 aliphatic heterocycles. The van der Waals surface area contributed by atoms with E-state index in [1.54, 1.807) is 11.8 Å². The molecule has 7 heteroatoms. The molecule has 0 unspecified atom stereocenters. The molecule has 24 heavy (non-hydrogen) atoms. The lowest BCUT2D eigenvalue weighted by molar-refractivity contribution is 0.171. The monoisotopic (exact) mass is 407 g/mol. The van der Waals surface area contributed by atoms with Gasteiger partial charge < -0.3 is 14.0 Å². The van der Waals surface area contributed by atoms with Crippen molar-refractivity contribution >= 4 is 27.7 Å². The maximum atomic E-state index is 5.68. The van der Waals surface area contributed by atoms with Crippen LogP contribution in [0.25, 0.3) is 0 Å². The van der Waals surface area contributed by atoms with Crippen LogP contribution < -0.4 is 9.47 Å². The second-order valence-corrected chi connectivity index (χ2v) is 7.69. The van der Waals surface area contributed by atoms with Crippen LogP contribution in [0.15, 0.2) is 34.4 Å². The fraction of sp³-hybridized carbons (Fsp3) is 0.412. The molecule has 0 bridgehead atoms. The second kappa shape index (κ2) is 6.80. The molecule has 4 rings (SSSR count). The van der Waals surface area contributed by atoms with Crippen molar-refractivity contribution in [3.63, 3.8) is 0 Å². The van der Waals surface area contributed by atoms with Crippen LogP contribution in [-0.4, -0.2) is 28.0 Å². The van der Waals surface area contributed by atoms with Crippen LogP contribution in [0, 0.1) is 0 Å². The van der Waals surface area contributed by atoms with Crippen molar-refractivity contribution in [1.29, 1.82) is 0 Å². The predicted molar refractivity (Wildman–Crippen MR) is 96.9 cm³/mol. The van der Waals surface area contributed by atoms with Gasteiger partial charge in [-0.15, -0.1) is 16.8 Å². The summed E-state index contributed by atoms with van der Waals surface area (Å²) in [4.78, 5) is 0. The van der Waals surface area contributed by atoms with E-state index in [-0.39, 0.29) is 0 Å². The molecule has 5 nitrogen and oxygen atoms in total. The summed E-state index contributed by atoms with van der Waals surface area (Å²) in [6.45, 7) is 5.80. The van der Waals surface area contributed by atoms with Gasteiger partial charge in [-0.2, -0.15) is 0 Å². The lowest BCUT2D eigenvalue weighted by Gasteiger charge is -2.19. The molecule has 1 aliphatic carbocycles. The molecule has 1 aromatic heterocycles. The number of hydrogen-bond donors (Lipinski definition) is 0. The number of allylic oxidation sites excluding steroid dienone is 1. The number of thioether (sulfide) groups is 1. The van der Waals surface area contributed by atoms with E-state index >= 15 is 0 Å². The van der Waals surface area contributed by atoms with Gasteiger partial charge in [-0.1, -0.05) is 33.8 Å². The molecule has 2 aliphatic rings. The fourth-order valence-electron chi connectivity index (χ4n) is 2.71. The van der Waals surface area contributed by atoms with Gasteiger partial charge in [-0.25, -0.2) is 0 Å². The van der Waals surface area contributed by atoms with Crippen molar-refractivity contribution in [3.8, 4) is 11.5 Å². The summed E-state index contributed by atoms with van der Waals surface area (Å²) in [5.41, 5.74) is 1.16. The number of aromatic nitrogens is 3. The topological polar surface area (TPSA) is 49.2 Å². The summed E-state index contributed by atoms with van der Waals surface area (Å²) in [5, 5.41) is 9.72. The van der Waals surface area contributed by atoms with Crippen molar-refractivity contribution in [3.05, 3.63) is 40.6 Å². The van der Waals surface area contributed by atoms with Crippen LogP contribution in [-0.2, 0) is 12.3 Å². The highest BCUT2D eigenvalue weighted by Crippen LogP contribution is 2.41. The number of rotatable bonds is 6. The molecular formula is C17H18BrN3O2S. The Morgan fingerprint density at radius 2 is 2.00 bits per heavy atom. The fourth-order valence-corrected chi connectivity index (χ4v) is 4.30. The summed E-state index contributed by atoms with van der Waals surface area (Å²) < 4.78 is 14.5. The highest BCUT2D eigenvalue weighted by molar-refractivity contribution is 9.10. The molecule has 2 aromatic rings. The van der Waals surface area contributed by atoms with Gasteiger partial charge in [0, 0.05) is 22.7 Å². The molecule has 0 radical (unpaired) electrons. The minimum absolute atomic E-state index is 0.577. The summed E-state index contributed by atoms with van der Waals surface area (Å²) >= 11 is 5.31. The summed E-state index contributed by atoms with van der Waals surface area (Å²) in [5.74, 6) is 4.07. The van der Waals surface area contributed by atoms with E-state index < -0.39 is 0 Å². The van der Waals surface area contributed by atoms with Crippen molar-refractivity contribution in [1.82, 2.24) is 14.8 Å². The third-order valence-corrected chi connectivity index (χ3v) is 5.82. The number of halogens is 1. The molecule has 0 saturated heterocycles. The normalized spacial score (nSPS) is 16.2. The van der Waals surface area contributed by atoms with Gasteiger partial charge in [0.1, 0.15) is 19.0 Å². The van der Waals surface area contributed by atoms with Crippen LogP contribution in [0.1, 0.15) is 30.1 Å². The predicted octanol–water partition coefficient (Wildman–Crippen LogP) is 4.17. The number of benzene rings is 1. The zero-order chi connectivity index (χ0) is 16.5. The van der Waals surface area contributed by atoms with Gasteiger partial charge in [0.15, 0.2) is 16.7 Å². The highest BCUT2D eigenvalue weighted by atomic mass is 79.9.